The molecule has 2 bridgehead atoms. The highest BCUT2D eigenvalue weighted by molar-refractivity contribution is 5.94. The van der Waals surface area contributed by atoms with E-state index in [1.807, 2.05) is 13.0 Å². The van der Waals surface area contributed by atoms with Gasteiger partial charge in [-0.05, 0) is 56.5 Å². The van der Waals surface area contributed by atoms with Gasteiger partial charge in [-0.25, -0.2) is 4.98 Å². The lowest BCUT2D eigenvalue weighted by Crippen LogP contribution is -2.60. The predicted molar refractivity (Wildman–Crippen MR) is 102 cm³/mol. The van der Waals surface area contributed by atoms with Crippen molar-refractivity contribution in [3.05, 3.63) is 41.5 Å². The average molecular weight is 380 g/mol. The zero-order chi connectivity index (χ0) is 18.8. The Bertz CT molecular complexity index is 933. The minimum Gasteiger partial charge on any atom is -0.454 e. The molecule has 0 aliphatic carbocycles. The maximum absolute atomic E-state index is 13.4. The number of aromatic amines is 1. The van der Waals surface area contributed by atoms with E-state index in [4.69, 9.17) is 9.47 Å². The van der Waals surface area contributed by atoms with Crippen LogP contribution in [-0.4, -0.2) is 64.2 Å². The fraction of sp³-hybridized carbons (Fsp3) is 0.524. The molecule has 1 aromatic carbocycles. The molecular formula is C21H24N4O3. The minimum atomic E-state index is 0.0609. The fourth-order valence-electron chi connectivity index (χ4n) is 5.80. The molecule has 7 rings (SSSR count). The molecule has 28 heavy (non-hydrogen) atoms. The van der Waals surface area contributed by atoms with Crippen LogP contribution in [0, 0.1) is 12.8 Å². The first kappa shape index (κ1) is 16.4. The molecule has 3 atom stereocenters. The minimum absolute atomic E-state index is 0.0609. The van der Waals surface area contributed by atoms with Gasteiger partial charge in [0.25, 0.3) is 5.91 Å². The summed E-state index contributed by atoms with van der Waals surface area (Å²) in [5.41, 5.74) is 2.64. The number of ether oxygens (including phenoxy) is 2. The maximum atomic E-state index is 13.4. The normalized spacial score (nSPS) is 32.6. The quantitative estimate of drug-likeness (QED) is 0.865. The molecule has 4 fully saturated rings. The van der Waals surface area contributed by atoms with Crippen LogP contribution in [0.2, 0.25) is 0 Å². The number of rotatable bonds is 2. The molecule has 0 saturated carbocycles. The first-order chi connectivity index (χ1) is 13.7. The number of nitrogens with one attached hydrogen (secondary N) is 1. The van der Waals surface area contributed by atoms with Crippen molar-refractivity contribution in [1.29, 1.82) is 0 Å². The number of amides is 1. The molecule has 0 radical (unpaired) electrons. The average Bonchev–Trinajstić information content (AvgIpc) is 3.46. The van der Waals surface area contributed by atoms with Gasteiger partial charge in [-0.3, -0.25) is 9.69 Å². The number of hydrogen-bond donors (Lipinski definition) is 1. The Morgan fingerprint density at radius 2 is 2.00 bits per heavy atom. The molecule has 0 spiro atoms. The topological polar surface area (TPSA) is 70.7 Å². The molecule has 4 saturated heterocycles. The number of nitrogens with zero attached hydrogens (tertiary/aromatic N) is 3. The van der Waals surface area contributed by atoms with E-state index >= 15 is 0 Å². The lowest BCUT2D eigenvalue weighted by atomic mass is 9.75. The first-order valence-corrected chi connectivity index (χ1v) is 10.2. The number of fused-ring (bicyclic) bond motifs is 3. The van der Waals surface area contributed by atoms with Crippen LogP contribution in [0.5, 0.6) is 11.5 Å². The Hall–Kier alpha value is -2.54. The van der Waals surface area contributed by atoms with E-state index in [2.05, 4.69) is 31.9 Å². The molecular weight excluding hydrogens is 356 g/mol. The Labute approximate surface area is 163 Å². The Morgan fingerprint density at radius 1 is 1.18 bits per heavy atom. The second kappa shape index (κ2) is 5.98. The maximum Gasteiger partial charge on any atom is 0.274 e. The highest BCUT2D eigenvalue weighted by Gasteiger charge is 2.55. The number of hydrogen-bond acceptors (Lipinski definition) is 5. The standard InChI is InChI=1S/C21H24N4O3/c1-12-18(23-10-22-12)21(26)25-9-15(14-2-3-16-17(8-14)28-11-27-16)20-19(25)13-4-6-24(20)7-5-13/h2-3,8,10,13,15,19-20H,4-7,9,11H2,1H3,(H,22,23)/t15-,19+,20+/m1/s1. The second-order valence-electron chi connectivity index (χ2n) is 8.41. The van der Waals surface area contributed by atoms with E-state index in [1.165, 1.54) is 18.4 Å². The number of carbonyl (C=O) groups excluding carboxylic acids is 1. The molecule has 1 aromatic heterocycles. The number of carbonyl (C=O) groups is 1. The molecule has 7 heteroatoms. The van der Waals surface area contributed by atoms with E-state index in [1.54, 1.807) is 6.33 Å². The van der Waals surface area contributed by atoms with Crippen molar-refractivity contribution in [3.63, 3.8) is 0 Å². The Balaban J connectivity index is 1.39. The SMILES string of the molecule is Cc1[nH]cnc1C(=O)N1C[C@H](c2ccc3c(c2)OCO3)[C@H]2[C@@H]1C1CCN2CC1. The lowest BCUT2D eigenvalue weighted by molar-refractivity contribution is -0.00359. The number of imidazole rings is 1. The van der Waals surface area contributed by atoms with Gasteiger partial charge >= 0.3 is 0 Å². The van der Waals surface area contributed by atoms with Gasteiger partial charge in [0.2, 0.25) is 6.79 Å². The largest absolute Gasteiger partial charge is 0.454 e. The Morgan fingerprint density at radius 3 is 2.79 bits per heavy atom. The van der Waals surface area contributed by atoms with E-state index in [9.17, 15) is 4.79 Å². The van der Waals surface area contributed by atoms with E-state index < -0.39 is 0 Å². The smallest absolute Gasteiger partial charge is 0.274 e. The van der Waals surface area contributed by atoms with Crippen LogP contribution in [0.1, 0.15) is 40.5 Å². The summed E-state index contributed by atoms with van der Waals surface area (Å²) in [6.45, 7) is 5.20. The fourth-order valence-corrected chi connectivity index (χ4v) is 5.80. The van der Waals surface area contributed by atoms with Gasteiger partial charge in [0.15, 0.2) is 11.5 Å². The van der Waals surface area contributed by atoms with Gasteiger partial charge in [0.05, 0.1) is 12.4 Å². The van der Waals surface area contributed by atoms with Crippen molar-refractivity contribution in [1.82, 2.24) is 19.8 Å². The molecule has 5 aliphatic heterocycles. The summed E-state index contributed by atoms with van der Waals surface area (Å²) in [5.74, 6) is 2.55. The van der Waals surface area contributed by atoms with Crippen LogP contribution in [0.3, 0.4) is 0 Å². The number of piperidine rings is 3. The third-order valence-electron chi connectivity index (χ3n) is 7.11. The first-order valence-electron chi connectivity index (χ1n) is 10.2. The van der Waals surface area contributed by atoms with Crippen molar-refractivity contribution >= 4 is 5.91 Å². The number of aryl methyl sites for hydroxylation is 1. The summed E-state index contributed by atoms with van der Waals surface area (Å²) in [6.07, 6.45) is 3.97. The summed E-state index contributed by atoms with van der Waals surface area (Å²) >= 11 is 0. The van der Waals surface area contributed by atoms with Crippen molar-refractivity contribution < 1.29 is 14.3 Å². The molecule has 146 valence electrons. The van der Waals surface area contributed by atoms with Crippen LogP contribution in [0.15, 0.2) is 24.5 Å². The summed E-state index contributed by atoms with van der Waals surface area (Å²) in [4.78, 5) is 25.5. The number of H-pyrrole nitrogens is 1. The van der Waals surface area contributed by atoms with E-state index in [0.717, 1.165) is 36.8 Å². The molecule has 1 N–H and O–H groups in total. The van der Waals surface area contributed by atoms with E-state index in [-0.39, 0.29) is 24.7 Å². The summed E-state index contributed by atoms with van der Waals surface area (Å²) in [7, 11) is 0. The molecule has 7 nitrogen and oxygen atoms in total. The van der Waals surface area contributed by atoms with Crippen LogP contribution in [0.4, 0.5) is 0 Å². The van der Waals surface area contributed by atoms with E-state index in [0.29, 0.717) is 17.7 Å². The van der Waals surface area contributed by atoms with Crippen molar-refractivity contribution in [2.24, 2.45) is 5.92 Å². The van der Waals surface area contributed by atoms with Crippen molar-refractivity contribution in [3.8, 4) is 11.5 Å². The molecule has 1 amide bonds. The number of aromatic nitrogens is 2. The van der Waals surface area contributed by atoms with Gasteiger partial charge in [0, 0.05) is 24.2 Å². The van der Waals surface area contributed by atoms with Gasteiger partial charge in [-0.1, -0.05) is 6.07 Å². The monoisotopic (exact) mass is 380 g/mol. The van der Waals surface area contributed by atoms with Crippen LogP contribution in [0.25, 0.3) is 0 Å². The third-order valence-corrected chi connectivity index (χ3v) is 7.11. The van der Waals surface area contributed by atoms with Gasteiger partial charge in [-0.2, -0.15) is 0 Å². The highest BCUT2D eigenvalue weighted by Crippen LogP contribution is 2.48. The lowest BCUT2D eigenvalue weighted by Gasteiger charge is -2.51. The van der Waals surface area contributed by atoms with Crippen molar-refractivity contribution in [2.75, 3.05) is 26.4 Å². The Kier molecular flexibility index (Phi) is 3.50. The predicted octanol–water partition coefficient (Wildman–Crippen LogP) is 2.15. The zero-order valence-corrected chi connectivity index (χ0v) is 15.9. The van der Waals surface area contributed by atoms with Gasteiger partial charge in [0.1, 0.15) is 5.69 Å². The summed E-state index contributed by atoms with van der Waals surface area (Å²) < 4.78 is 11.1. The van der Waals surface area contributed by atoms with Crippen LogP contribution in [-0.2, 0) is 0 Å². The highest BCUT2D eigenvalue weighted by atomic mass is 16.7. The molecule has 5 aliphatic rings. The van der Waals surface area contributed by atoms with Crippen molar-refractivity contribution in [2.45, 2.75) is 37.8 Å². The number of benzene rings is 1. The number of likely N-dealkylation sites (tertiary alicyclic amines) is 1. The summed E-state index contributed by atoms with van der Waals surface area (Å²) in [6, 6.07) is 6.90. The third kappa shape index (κ3) is 2.25. The van der Waals surface area contributed by atoms with Gasteiger partial charge < -0.3 is 19.4 Å². The van der Waals surface area contributed by atoms with Crippen LogP contribution < -0.4 is 9.47 Å². The molecule has 2 aromatic rings. The van der Waals surface area contributed by atoms with Gasteiger partial charge in [-0.15, -0.1) is 0 Å². The molecule has 0 unspecified atom stereocenters. The molecule has 6 heterocycles. The zero-order valence-electron chi connectivity index (χ0n) is 15.9. The summed E-state index contributed by atoms with van der Waals surface area (Å²) in [5, 5.41) is 0. The van der Waals surface area contributed by atoms with Crippen LogP contribution >= 0.6 is 0 Å². The second-order valence-corrected chi connectivity index (χ2v) is 8.41.